The number of ether oxygens (including phenoxy) is 1. The molecule has 1 aromatic carbocycles. The van der Waals surface area contributed by atoms with Crippen molar-refractivity contribution >= 4 is 11.9 Å². The number of benzene rings is 1. The van der Waals surface area contributed by atoms with Crippen LogP contribution in [0.4, 0.5) is 0 Å². The van der Waals surface area contributed by atoms with Gasteiger partial charge in [-0.2, -0.15) is 0 Å². The second kappa shape index (κ2) is 7.64. The Hall–Kier alpha value is -2.76. The van der Waals surface area contributed by atoms with E-state index in [-0.39, 0.29) is 23.4 Å². The molecule has 6 heteroatoms. The van der Waals surface area contributed by atoms with Crippen LogP contribution in [0.5, 0.6) is 5.75 Å². The van der Waals surface area contributed by atoms with E-state index in [1.807, 2.05) is 24.3 Å². The Balaban J connectivity index is 1.96. The van der Waals surface area contributed by atoms with E-state index in [0.717, 1.165) is 5.56 Å². The van der Waals surface area contributed by atoms with Crippen molar-refractivity contribution in [3.05, 3.63) is 53.0 Å². The first-order chi connectivity index (χ1) is 12.1. The molecule has 2 N–H and O–H groups in total. The molecule has 0 saturated heterocycles. The molecule has 0 fully saturated rings. The highest BCUT2D eigenvalue weighted by Gasteiger charge is 2.19. The first-order valence-electron chi connectivity index (χ1n) is 8.45. The Morgan fingerprint density at radius 2 is 1.96 bits per heavy atom. The zero-order valence-corrected chi connectivity index (χ0v) is 15.8. The normalized spacial score (nSPS) is 12.5. The number of furan rings is 1. The Labute approximate surface area is 153 Å². The van der Waals surface area contributed by atoms with Gasteiger partial charge in [0.15, 0.2) is 6.10 Å². The largest absolute Gasteiger partial charge is 0.481 e. The molecule has 1 amide bonds. The van der Waals surface area contributed by atoms with Crippen LogP contribution in [0.2, 0.25) is 0 Å². The van der Waals surface area contributed by atoms with Crippen molar-refractivity contribution in [2.24, 2.45) is 0 Å². The number of hydrogen-bond acceptors (Lipinski definition) is 4. The summed E-state index contributed by atoms with van der Waals surface area (Å²) in [6, 6.07) is 9.08. The van der Waals surface area contributed by atoms with Crippen LogP contribution in [-0.2, 0) is 16.8 Å². The van der Waals surface area contributed by atoms with Gasteiger partial charge in [0.05, 0.1) is 6.54 Å². The highest BCUT2D eigenvalue weighted by Crippen LogP contribution is 2.26. The minimum atomic E-state index is -1.06. The Bertz CT molecular complexity index is 801. The third-order valence-electron chi connectivity index (χ3n) is 4.02. The summed E-state index contributed by atoms with van der Waals surface area (Å²) in [4.78, 5) is 23.2. The van der Waals surface area contributed by atoms with Gasteiger partial charge in [0.2, 0.25) is 0 Å². The molecule has 0 bridgehead atoms. The minimum Gasteiger partial charge on any atom is -0.481 e. The van der Waals surface area contributed by atoms with Crippen molar-refractivity contribution < 1.29 is 23.8 Å². The van der Waals surface area contributed by atoms with E-state index in [2.05, 4.69) is 26.1 Å². The van der Waals surface area contributed by atoms with Gasteiger partial charge in [0, 0.05) is 0 Å². The molecule has 0 saturated carbocycles. The van der Waals surface area contributed by atoms with Crippen molar-refractivity contribution in [3.8, 4) is 5.75 Å². The van der Waals surface area contributed by atoms with Gasteiger partial charge in [-0.3, -0.25) is 4.79 Å². The topological polar surface area (TPSA) is 88.8 Å². The molecular weight excluding hydrogens is 334 g/mol. The van der Waals surface area contributed by atoms with E-state index >= 15 is 0 Å². The van der Waals surface area contributed by atoms with Crippen molar-refractivity contribution in [2.45, 2.75) is 52.7 Å². The van der Waals surface area contributed by atoms with Gasteiger partial charge >= 0.3 is 5.97 Å². The molecular formula is C20H25NO5. The zero-order chi connectivity index (χ0) is 19.5. The van der Waals surface area contributed by atoms with Crippen LogP contribution >= 0.6 is 0 Å². The van der Waals surface area contributed by atoms with Crippen LogP contribution in [0.1, 0.15) is 55.1 Å². The number of rotatable bonds is 6. The summed E-state index contributed by atoms with van der Waals surface area (Å²) in [5.74, 6) is -0.0429. The predicted octanol–water partition coefficient (Wildman–Crippen LogP) is 3.67. The lowest BCUT2D eigenvalue weighted by atomic mass is 9.87. The number of amides is 1. The SMILES string of the molecule is Cc1oc(CNC(=O)C(C)Oc2cccc(C(C)(C)C)c2)cc1C(=O)O. The average molecular weight is 359 g/mol. The maximum absolute atomic E-state index is 12.2. The van der Waals surface area contributed by atoms with Crippen LogP contribution in [0.3, 0.4) is 0 Å². The van der Waals surface area contributed by atoms with E-state index in [4.69, 9.17) is 14.3 Å². The van der Waals surface area contributed by atoms with Crippen molar-refractivity contribution in [1.82, 2.24) is 5.32 Å². The molecule has 26 heavy (non-hydrogen) atoms. The van der Waals surface area contributed by atoms with E-state index in [1.165, 1.54) is 6.07 Å². The van der Waals surface area contributed by atoms with Crippen molar-refractivity contribution in [3.63, 3.8) is 0 Å². The molecule has 1 atom stereocenters. The lowest BCUT2D eigenvalue weighted by Crippen LogP contribution is -2.35. The second-order valence-electron chi connectivity index (χ2n) is 7.24. The lowest BCUT2D eigenvalue weighted by molar-refractivity contribution is -0.127. The fourth-order valence-electron chi connectivity index (χ4n) is 2.45. The standard InChI is InChI=1S/C20H25NO5/c1-12-17(19(23)24)10-16(25-12)11-21-18(22)13(2)26-15-8-6-7-14(9-15)20(3,4)5/h6-10,13H,11H2,1-5H3,(H,21,22)(H,23,24). The summed E-state index contributed by atoms with van der Waals surface area (Å²) in [6.07, 6.45) is -0.694. The van der Waals surface area contributed by atoms with E-state index < -0.39 is 12.1 Å². The number of carboxylic acids is 1. The summed E-state index contributed by atoms with van der Waals surface area (Å²) in [5, 5.41) is 11.7. The van der Waals surface area contributed by atoms with Crippen LogP contribution in [0.25, 0.3) is 0 Å². The monoisotopic (exact) mass is 359 g/mol. The summed E-state index contributed by atoms with van der Waals surface area (Å²) in [6.45, 7) is 9.66. The summed E-state index contributed by atoms with van der Waals surface area (Å²) in [5.41, 5.74) is 1.21. The van der Waals surface area contributed by atoms with E-state index in [9.17, 15) is 9.59 Å². The van der Waals surface area contributed by atoms with Gasteiger partial charge in [-0.1, -0.05) is 32.9 Å². The maximum Gasteiger partial charge on any atom is 0.339 e. The maximum atomic E-state index is 12.2. The fourth-order valence-corrected chi connectivity index (χ4v) is 2.45. The third-order valence-corrected chi connectivity index (χ3v) is 4.02. The van der Waals surface area contributed by atoms with Gasteiger partial charge in [0.25, 0.3) is 5.91 Å². The Morgan fingerprint density at radius 1 is 1.27 bits per heavy atom. The molecule has 2 aromatic rings. The number of aromatic carboxylic acids is 1. The molecule has 0 aliphatic carbocycles. The number of carbonyl (C=O) groups excluding carboxylic acids is 1. The second-order valence-corrected chi connectivity index (χ2v) is 7.24. The summed E-state index contributed by atoms with van der Waals surface area (Å²) < 4.78 is 11.1. The quantitative estimate of drug-likeness (QED) is 0.821. The first kappa shape index (κ1) is 19.6. The molecule has 1 heterocycles. The third kappa shape index (κ3) is 4.88. The van der Waals surface area contributed by atoms with Gasteiger partial charge in [-0.05, 0) is 43.0 Å². The summed E-state index contributed by atoms with van der Waals surface area (Å²) >= 11 is 0. The smallest absolute Gasteiger partial charge is 0.339 e. The molecule has 140 valence electrons. The lowest BCUT2D eigenvalue weighted by Gasteiger charge is -2.21. The van der Waals surface area contributed by atoms with Crippen LogP contribution in [0, 0.1) is 6.92 Å². The first-order valence-corrected chi connectivity index (χ1v) is 8.45. The zero-order valence-electron chi connectivity index (χ0n) is 15.8. The van der Waals surface area contributed by atoms with Gasteiger partial charge < -0.3 is 19.6 Å². The van der Waals surface area contributed by atoms with Crippen LogP contribution < -0.4 is 10.1 Å². The Kier molecular flexibility index (Phi) is 5.75. The molecule has 0 aliphatic heterocycles. The Morgan fingerprint density at radius 3 is 2.54 bits per heavy atom. The van der Waals surface area contributed by atoms with Crippen LogP contribution in [-0.4, -0.2) is 23.1 Å². The molecule has 6 nitrogen and oxygen atoms in total. The van der Waals surface area contributed by atoms with Gasteiger partial charge in [-0.25, -0.2) is 4.79 Å². The highest BCUT2D eigenvalue weighted by atomic mass is 16.5. The molecule has 0 spiro atoms. The molecule has 1 aromatic heterocycles. The predicted molar refractivity (Wildman–Crippen MR) is 97.5 cm³/mol. The number of hydrogen-bond donors (Lipinski definition) is 2. The molecule has 0 radical (unpaired) electrons. The van der Waals surface area contributed by atoms with Gasteiger partial charge in [-0.15, -0.1) is 0 Å². The van der Waals surface area contributed by atoms with Crippen molar-refractivity contribution in [1.29, 1.82) is 0 Å². The molecule has 2 rings (SSSR count). The van der Waals surface area contributed by atoms with Crippen LogP contribution in [0.15, 0.2) is 34.7 Å². The number of carbonyl (C=O) groups is 2. The molecule has 1 unspecified atom stereocenters. The highest BCUT2D eigenvalue weighted by molar-refractivity contribution is 5.88. The van der Waals surface area contributed by atoms with E-state index in [0.29, 0.717) is 17.3 Å². The molecule has 0 aliphatic rings. The average Bonchev–Trinajstić information content (AvgIpc) is 2.93. The fraction of sp³-hybridized carbons (Fsp3) is 0.400. The van der Waals surface area contributed by atoms with E-state index in [1.54, 1.807) is 13.8 Å². The summed E-state index contributed by atoms with van der Waals surface area (Å²) in [7, 11) is 0. The van der Waals surface area contributed by atoms with Crippen molar-refractivity contribution in [2.75, 3.05) is 0 Å². The number of aryl methyl sites for hydroxylation is 1. The number of carboxylic acid groups (broad SMARTS) is 1. The van der Waals surface area contributed by atoms with Gasteiger partial charge in [0.1, 0.15) is 22.8 Å². The number of nitrogens with one attached hydrogen (secondary N) is 1. The minimum absolute atomic E-state index is 0.0101.